The summed E-state index contributed by atoms with van der Waals surface area (Å²) in [6.45, 7) is 6.03. The van der Waals surface area contributed by atoms with Crippen LogP contribution in [-0.2, 0) is 6.42 Å². The van der Waals surface area contributed by atoms with E-state index >= 15 is 0 Å². The molecule has 0 aliphatic carbocycles. The van der Waals surface area contributed by atoms with Gasteiger partial charge >= 0.3 is 0 Å². The minimum absolute atomic E-state index is 0.546. The molecule has 7 nitrogen and oxygen atoms in total. The van der Waals surface area contributed by atoms with Gasteiger partial charge < -0.3 is 10.7 Å². The van der Waals surface area contributed by atoms with E-state index in [0.29, 0.717) is 12.1 Å². The summed E-state index contributed by atoms with van der Waals surface area (Å²) in [5.41, 5.74) is 13.1. The summed E-state index contributed by atoms with van der Waals surface area (Å²) in [6, 6.07) is 8.03. The van der Waals surface area contributed by atoms with Crippen LogP contribution in [-0.4, -0.2) is 29.9 Å². The van der Waals surface area contributed by atoms with Crippen molar-refractivity contribution in [2.24, 2.45) is 0 Å². The number of hydrogen-bond donors (Lipinski definition) is 2. The molecule has 0 aliphatic heterocycles. The number of allylic oxidation sites excluding steroid dienone is 1. The third-order valence-corrected chi connectivity index (χ3v) is 6.20. The maximum atomic E-state index is 6.21. The Kier molecular flexibility index (Phi) is 4.76. The van der Waals surface area contributed by atoms with Crippen LogP contribution in [0.3, 0.4) is 0 Å². The van der Waals surface area contributed by atoms with Gasteiger partial charge in [0.1, 0.15) is 23.4 Å². The monoisotopic (exact) mass is 425 g/mol. The Bertz CT molecular complexity index is 1400. The van der Waals surface area contributed by atoms with Gasteiger partial charge in [-0.1, -0.05) is 6.58 Å². The van der Waals surface area contributed by atoms with Crippen LogP contribution in [0.5, 0.6) is 0 Å². The van der Waals surface area contributed by atoms with Crippen molar-refractivity contribution in [2.75, 3.05) is 5.73 Å². The van der Waals surface area contributed by atoms with Crippen LogP contribution in [0, 0.1) is 0 Å². The van der Waals surface area contributed by atoms with Gasteiger partial charge in [0.25, 0.3) is 0 Å². The molecule has 0 unspecified atom stereocenters. The average Bonchev–Trinajstić information content (AvgIpc) is 3.43. The highest BCUT2D eigenvalue weighted by Gasteiger charge is 2.14. The summed E-state index contributed by atoms with van der Waals surface area (Å²) in [5, 5.41) is 0. The van der Waals surface area contributed by atoms with E-state index in [1.807, 2.05) is 19.1 Å². The minimum atomic E-state index is 0.546. The number of nitrogens with one attached hydrogen (secondary N) is 1. The zero-order valence-electron chi connectivity index (χ0n) is 16.8. The van der Waals surface area contributed by atoms with Gasteiger partial charge in [0.2, 0.25) is 0 Å². The number of H-pyrrole nitrogens is 1. The van der Waals surface area contributed by atoms with Crippen molar-refractivity contribution in [2.45, 2.75) is 13.3 Å². The van der Waals surface area contributed by atoms with Crippen molar-refractivity contribution >= 4 is 33.6 Å². The number of hydrogen-bond acceptors (Lipinski definition) is 7. The van der Waals surface area contributed by atoms with Gasteiger partial charge in [0.05, 0.1) is 28.0 Å². The quantitative estimate of drug-likeness (QED) is 0.421. The lowest BCUT2D eigenvalue weighted by Gasteiger charge is -2.06. The van der Waals surface area contributed by atoms with Gasteiger partial charge in [-0.05, 0) is 42.3 Å². The molecule has 8 heteroatoms. The summed E-state index contributed by atoms with van der Waals surface area (Å²) in [7, 11) is 0. The number of anilines is 1. The maximum absolute atomic E-state index is 6.21. The zero-order chi connectivity index (χ0) is 21.4. The van der Waals surface area contributed by atoms with E-state index in [9.17, 15) is 0 Å². The molecular weight excluding hydrogens is 406 g/mol. The first kappa shape index (κ1) is 19.1. The van der Waals surface area contributed by atoms with Gasteiger partial charge in [-0.15, -0.1) is 11.3 Å². The first-order valence-electron chi connectivity index (χ1n) is 9.68. The van der Waals surface area contributed by atoms with Gasteiger partial charge in [-0.3, -0.25) is 9.97 Å². The van der Waals surface area contributed by atoms with E-state index < -0.39 is 0 Å². The second-order valence-corrected chi connectivity index (χ2v) is 8.34. The Morgan fingerprint density at radius 2 is 1.97 bits per heavy atom. The first-order chi connectivity index (χ1) is 15.1. The van der Waals surface area contributed by atoms with Crippen molar-refractivity contribution in [3.05, 3.63) is 78.2 Å². The Balaban J connectivity index is 1.51. The summed E-state index contributed by atoms with van der Waals surface area (Å²) >= 11 is 1.67. The molecule has 0 saturated heterocycles. The maximum Gasteiger partial charge on any atom is 0.116 e. The van der Waals surface area contributed by atoms with E-state index in [1.165, 1.54) is 6.33 Å². The highest BCUT2D eigenvalue weighted by atomic mass is 32.1. The van der Waals surface area contributed by atoms with Crippen molar-refractivity contribution in [3.8, 4) is 21.8 Å². The number of pyridine rings is 2. The highest BCUT2D eigenvalue weighted by Crippen LogP contribution is 2.33. The normalized spacial score (nSPS) is 11.1. The van der Waals surface area contributed by atoms with Crippen molar-refractivity contribution in [1.82, 2.24) is 29.9 Å². The second kappa shape index (κ2) is 7.73. The fourth-order valence-electron chi connectivity index (χ4n) is 3.38. The molecule has 5 heterocycles. The number of fused-ring (bicyclic) bond motifs is 1. The summed E-state index contributed by atoms with van der Waals surface area (Å²) in [6.07, 6.45) is 8.97. The minimum Gasteiger partial charge on any atom is -0.397 e. The fourth-order valence-corrected chi connectivity index (χ4v) is 4.30. The van der Waals surface area contributed by atoms with Crippen molar-refractivity contribution in [1.29, 1.82) is 0 Å². The smallest absolute Gasteiger partial charge is 0.116 e. The molecule has 31 heavy (non-hydrogen) atoms. The molecule has 5 aromatic rings. The number of imidazole rings is 1. The predicted molar refractivity (Wildman–Crippen MR) is 124 cm³/mol. The van der Waals surface area contributed by atoms with E-state index in [0.717, 1.165) is 54.7 Å². The first-order valence-corrected chi connectivity index (χ1v) is 10.5. The van der Waals surface area contributed by atoms with Crippen LogP contribution in [0.15, 0.2) is 62.0 Å². The van der Waals surface area contributed by atoms with Crippen LogP contribution >= 0.6 is 11.3 Å². The lowest BCUT2D eigenvalue weighted by Crippen LogP contribution is -2.00. The molecule has 0 fully saturated rings. The lowest BCUT2D eigenvalue weighted by atomic mass is 10.1. The number of nitrogen functional groups attached to an aromatic ring is 1. The molecule has 0 saturated carbocycles. The van der Waals surface area contributed by atoms with Crippen LogP contribution in [0.4, 0.5) is 5.69 Å². The van der Waals surface area contributed by atoms with Gasteiger partial charge in [-0.25, -0.2) is 15.0 Å². The topological polar surface area (TPSA) is 106 Å². The van der Waals surface area contributed by atoms with E-state index in [1.54, 1.807) is 36.1 Å². The Morgan fingerprint density at radius 1 is 1.13 bits per heavy atom. The summed E-state index contributed by atoms with van der Waals surface area (Å²) < 4.78 is 0. The molecule has 0 bridgehead atoms. The Morgan fingerprint density at radius 3 is 2.74 bits per heavy atom. The largest absolute Gasteiger partial charge is 0.397 e. The van der Waals surface area contributed by atoms with Crippen LogP contribution in [0.25, 0.3) is 38.4 Å². The number of aromatic nitrogens is 6. The highest BCUT2D eigenvalue weighted by molar-refractivity contribution is 7.16. The molecule has 0 radical (unpaired) electrons. The zero-order valence-corrected chi connectivity index (χ0v) is 17.6. The molecule has 0 atom stereocenters. The van der Waals surface area contributed by atoms with Crippen molar-refractivity contribution in [3.63, 3.8) is 0 Å². The van der Waals surface area contributed by atoms with Crippen LogP contribution < -0.4 is 5.73 Å². The van der Waals surface area contributed by atoms with Crippen LogP contribution in [0.2, 0.25) is 0 Å². The van der Waals surface area contributed by atoms with E-state index in [4.69, 9.17) is 10.7 Å². The molecule has 0 aromatic carbocycles. The number of thiophene rings is 1. The molecule has 0 amide bonds. The molecule has 5 rings (SSSR count). The number of rotatable bonds is 5. The number of aromatic amines is 1. The Labute approximate surface area is 182 Å². The average molecular weight is 426 g/mol. The van der Waals surface area contributed by atoms with Crippen LogP contribution in [0.1, 0.15) is 23.2 Å². The molecule has 3 N–H and O–H groups in total. The lowest BCUT2D eigenvalue weighted by molar-refractivity contribution is 1.03. The van der Waals surface area contributed by atoms with Gasteiger partial charge in [0.15, 0.2) is 0 Å². The standard InChI is InChI=1S/C23H19N7S/c1-13(2)19-3-4-20(31-19)23-22-17(5-6-27-23)29-21(30-22)8-14-7-18(28-11-16(14)24)15-9-25-12-26-10-15/h3-7,9-12H,1,8,24H2,2H3,(H,29,30). The van der Waals surface area contributed by atoms with E-state index in [2.05, 4.69) is 43.6 Å². The number of nitrogens with zero attached hydrogens (tertiary/aromatic N) is 5. The molecule has 0 spiro atoms. The summed E-state index contributed by atoms with van der Waals surface area (Å²) in [4.78, 5) is 27.6. The Hall–Kier alpha value is -3.91. The van der Waals surface area contributed by atoms with Gasteiger partial charge in [0, 0.05) is 35.5 Å². The van der Waals surface area contributed by atoms with Crippen molar-refractivity contribution < 1.29 is 0 Å². The fraction of sp³-hybridized carbons (Fsp3) is 0.0870. The van der Waals surface area contributed by atoms with E-state index in [-0.39, 0.29) is 0 Å². The number of nitrogens with two attached hydrogens (primary N) is 1. The van der Waals surface area contributed by atoms with Gasteiger partial charge in [-0.2, -0.15) is 0 Å². The molecule has 0 aliphatic rings. The molecular formula is C23H19N7S. The molecule has 152 valence electrons. The third-order valence-electron chi connectivity index (χ3n) is 4.95. The molecule has 5 aromatic heterocycles. The summed E-state index contributed by atoms with van der Waals surface area (Å²) in [5.74, 6) is 0.814. The third kappa shape index (κ3) is 3.69. The second-order valence-electron chi connectivity index (χ2n) is 7.26. The predicted octanol–water partition coefficient (Wildman–Crippen LogP) is 4.74. The SMILES string of the molecule is C=C(C)c1ccc(-c2nccc3[nH]c(Cc4cc(-c5cncnc5)ncc4N)nc23)s1.